The minimum atomic E-state index is -3.05. The SMILES string of the molecule is Cc1cc(NC(=O)CN(Cc2ccccc2)Cc2ccco2)n(C2CCS(=O)(=O)C2)n1. The van der Waals surface area contributed by atoms with Crippen LogP contribution in [0.1, 0.15) is 29.5 Å². The van der Waals surface area contributed by atoms with Crippen LogP contribution in [-0.2, 0) is 27.7 Å². The Hall–Kier alpha value is -2.91. The zero-order chi connectivity index (χ0) is 21.8. The molecule has 1 N–H and O–H groups in total. The third-order valence-electron chi connectivity index (χ3n) is 5.26. The predicted octanol–water partition coefficient (Wildman–Crippen LogP) is 2.79. The lowest BCUT2D eigenvalue weighted by molar-refractivity contribution is -0.117. The molecule has 1 saturated heterocycles. The molecule has 9 heteroatoms. The molecule has 1 aliphatic rings. The number of furan rings is 1. The van der Waals surface area contributed by atoms with E-state index in [1.807, 2.05) is 54.3 Å². The van der Waals surface area contributed by atoms with Crippen molar-refractivity contribution in [2.45, 2.75) is 32.5 Å². The van der Waals surface area contributed by atoms with Crippen LogP contribution in [0.15, 0.2) is 59.2 Å². The van der Waals surface area contributed by atoms with Crippen molar-refractivity contribution in [3.05, 3.63) is 71.8 Å². The van der Waals surface area contributed by atoms with Crippen molar-refractivity contribution in [1.29, 1.82) is 0 Å². The molecule has 3 aromatic rings. The molecule has 0 radical (unpaired) electrons. The van der Waals surface area contributed by atoms with Crippen molar-refractivity contribution < 1.29 is 17.6 Å². The minimum Gasteiger partial charge on any atom is -0.468 e. The molecule has 0 spiro atoms. The number of benzene rings is 1. The number of carbonyl (C=O) groups excluding carboxylic acids is 1. The first kappa shape index (κ1) is 21.3. The van der Waals surface area contributed by atoms with Crippen molar-refractivity contribution >= 4 is 21.6 Å². The first-order valence-electron chi connectivity index (χ1n) is 10.2. The van der Waals surface area contributed by atoms with Crippen molar-refractivity contribution in [1.82, 2.24) is 14.7 Å². The monoisotopic (exact) mass is 442 g/mol. The second-order valence-electron chi connectivity index (χ2n) is 7.93. The molecule has 1 atom stereocenters. The van der Waals surface area contributed by atoms with E-state index in [9.17, 15) is 13.2 Å². The molecule has 164 valence electrons. The summed E-state index contributed by atoms with van der Waals surface area (Å²) in [7, 11) is -3.05. The Morgan fingerprint density at radius 2 is 2.03 bits per heavy atom. The lowest BCUT2D eigenvalue weighted by atomic mass is 10.2. The Kier molecular flexibility index (Phi) is 6.24. The van der Waals surface area contributed by atoms with Gasteiger partial charge in [-0.1, -0.05) is 30.3 Å². The lowest BCUT2D eigenvalue weighted by Gasteiger charge is -2.21. The summed E-state index contributed by atoms with van der Waals surface area (Å²) in [5.74, 6) is 1.32. The second-order valence-corrected chi connectivity index (χ2v) is 10.2. The largest absolute Gasteiger partial charge is 0.468 e. The van der Waals surface area contributed by atoms with Crippen molar-refractivity contribution in [2.24, 2.45) is 0 Å². The number of hydrogen-bond donors (Lipinski definition) is 1. The molecule has 1 amide bonds. The summed E-state index contributed by atoms with van der Waals surface area (Å²) in [6.45, 7) is 3.07. The van der Waals surface area contributed by atoms with E-state index in [0.29, 0.717) is 25.3 Å². The standard InChI is InChI=1S/C22H26N4O4S/c1-17-12-21(26(24-17)19-9-11-31(28,29)16-19)23-22(27)15-25(14-20-8-5-10-30-20)13-18-6-3-2-4-7-18/h2-8,10,12,19H,9,11,13-16H2,1H3,(H,23,27). The third kappa shape index (κ3) is 5.62. The molecule has 1 aromatic carbocycles. The number of aryl methyl sites for hydroxylation is 1. The molecule has 1 unspecified atom stereocenters. The summed E-state index contributed by atoms with van der Waals surface area (Å²) >= 11 is 0. The maximum absolute atomic E-state index is 12.9. The van der Waals surface area contributed by atoms with E-state index in [1.165, 1.54) is 0 Å². The van der Waals surface area contributed by atoms with Gasteiger partial charge in [-0.2, -0.15) is 5.10 Å². The van der Waals surface area contributed by atoms with Crippen LogP contribution in [0.4, 0.5) is 5.82 Å². The van der Waals surface area contributed by atoms with Gasteiger partial charge in [0.1, 0.15) is 11.6 Å². The van der Waals surface area contributed by atoms with E-state index in [0.717, 1.165) is 17.0 Å². The number of nitrogens with zero attached hydrogens (tertiary/aromatic N) is 3. The highest BCUT2D eigenvalue weighted by Crippen LogP contribution is 2.27. The van der Waals surface area contributed by atoms with E-state index in [1.54, 1.807) is 17.0 Å². The Morgan fingerprint density at radius 3 is 2.71 bits per heavy atom. The van der Waals surface area contributed by atoms with Gasteiger partial charge in [-0.15, -0.1) is 0 Å². The molecule has 0 saturated carbocycles. The number of carbonyl (C=O) groups is 1. The average molecular weight is 443 g/mol. The number of amides is 1. The molecule has 0 aliphatic carbocycles. The molecule has 4 rings (SSSR count). The molecule has 1 aliphatic heterocycles. The zero-order valence-electron chi connectivity index (χ0n) is 17.4. The molecule has 3 heterocycles. The van der Waals surface area contributed by atoms with Gasteiger partial charge in [-0.05, 0) is 31.0 Å². The second kappa shape index (κ2) is 9.07. The molecule has 2 aromatic heterocycles. The number of sulfone groups is 1. The van der Waals surface area contributed by atoms with Crippen LogP contribution < -0.4 is 5.32 Å². The molecular formula is C22H26N4O4S. The Labute approximate surface area is 181 Å². The lowest BCUT2D eigenvalue weighted by Crippen LogP contribution is -2.33. The topological polar surface area (TPSA) is 97.4 Å². The molecule has 31 heavy (non-hydrogen) atoms. The number of aromatic nitrogens is 2. The van der Waals surface area contributed by atoms with Crippen LogP contribution in [0.5, 0.6) is 0 Å². The van der Waals surface area contributed by atoms with Crippen LogP contribution in [0.2, 0.25) is 0 Å². The van der Waals surface area contributed by atoms with Gasteiger partial charge in [0.25, 0.3) is 0 Å². The Bertz CT molecular complexity index is 1120. The summed E-state index contributed by atoms with van der Waals surface area (Å²) in [5, 5.41) is 7.35. The van der Waals surface area contributed by atoms with Crippen LogP contribution in [0, 0.1) is 6.92 Å². The van der Waals surface area contributed by atoms with Gasteiger partial charge < -0.3 is 9.73 Å². The summed E-state index contributed by atoms with van der Waals surface area (Å²) in [6.07, 6.45) is 2.12. The number of nitrogens with one attached hydrogen (secondary N) is 1. The van der Waals surface area contributed by atoms with Crippen molar-refractivity contribution in [2.75, 3.05) is 23.4 Å². The maximum atomic E-state index is 12.9. The average Bonchev–Trinajstić information content (AvgIpc) is 3.43. The smallest absolute Gasteiger partial charge is 0.239 e. The third-order valence-corrected chi connectivity index (χ3v) is 7.01. The fourth-order valence-corrected chi connectivity index (χ4v) is 5.57. The quantitative estimate of drug-likeness (QED) is 0.576. The van der Waals surface area contributed by atoms with Crippen molar-refractivity contribution in [3.8, 4) is 0 Å². The Balaban J connectivity index is 1.46. The van der Waals surface area contributed by atoms with Gasteiger partial charge in [0, 0.05) is 12.6 Å². The number of anilines is 1. The molecule has 8 nitrogen and oxygen atoms in total. The molecule has 1 fully saturated rings. The van der Waals surface area contributed by atoms with E-state index < -0.39 is 9.84 Å². The summed E-state index contributed by atoms with van der Waals surface area (Å²) in [5.41, 5.74) is 1.83. The van der Waals surface area contributed by atoms with Gasteiger partial charge in [-0.25, -0.2) is 13.1 Å². The first-order chi connectivity index (χ1) is 14.9. The summed E-state index contributed by atoms with van der Waals surface area (Å²) in [6, 6.07) is 15.2. The van der Waals surface area contributed by atoms with Crippen molar-refractivity contribution in [3.63, 3.8) is 0 Å². The minimum absolute atomic E-state index is 0.0512. The normalized spacial score (nSPS) is 17.8. The van der Waals surface area contributed by atoms with Crippen LogP contribution in [0.3, 0.4) is 0 Å². The van der Waals surface area contributed by atoms with Gasteiger partial charge in [0.05, 0.1) is 42.6 Å². The molecular weight excluding hydrogens is 416 g/mol. The van der Waals surface area contributed by atoms with E-state index >= 15 is 0 Å². The van der Waals surface area contributed by atoms with Gasteiger partial charge in [-0.3, -0.25) is 9.69 Å². The highest BCUT2D eigenvalue weighted by molar-refractivity contribution is 7.91. The van der Waals surface area contributed by atoms with E-state index in [-0.39, 0.29) is 30.0 Å². The fraction of sp³-hybridized carbons (Fsp3) is 0.364. The molecule has 0 bridgehead atoms. The highest BCUT2D eigenvalue weighted by Gasteiger charge is 2.31. The van der Waals surface area contributed by atoms with Crippen LogP contribution in [-0.4, -0.2) is 47.1 Å². The Morgan fingerprint density at radius 1 is 1.23 bits per heavy atom. The van der Waals surface area contributed by atoms with Crippen LogP contribution in [0.25, 0.3) is 0 Å². The summed E-state index contributed by atoms with van der Waals surface area (Å²) in [4.78, 5) is 14.9. The van der Waals surface area contributed by atoms with Gasteiger partial charge in [0.15, 0.2) is 9.84 Å². The summed E-state index contributed by atoms with van der Waals surface area (Å²) < 4.78 is 30.9. The van der Waals surface area contributed by atoms with Gasteiger partial charge in [0.2, 0.25) is 5.91 Å². The van der Waals surface area contributed by atoms with Gasteiger partial charge >= 0.3 is 0 Å². The van der Waals surface area contributed by atoms with Crippen LogP contribution >= 0.6 is 0 Å². The first-order valence-corrected chi connectivity index (χ1v) is 12.1. The van der Waals surface area contributed by atoms with E-state index in [2.05, 4.69) is 10.4 Å². The fourth-order valence-electron chi connectivity index (χ4n) is 3.87. The zero-order valence-corrected chi connectivity index (χ0v) is 18.2. The highest BCUT2D eigenvalue weighted by atomic mass is 32.2. The van der Waals surface area contributed by atoms with E-state index in [4.69, 9.17) is 4.42 Å². The number of rotatable bonds is 8. The maximum Gasteiger partial charge on any atom is 0.239 e. The predicted molar refractivity (Wildman–Crippen MR) is 117 cm³/mol. The number of hydrogen-bond acceptors (Lipinski definition) is 6.